The van der Waals surface area contributed by atoms with Crippen LogP contribution in [0.1, 0.15) is 29.1 Å². The highest BCUT2D eigenvalue weighted by atomic mass is 35.5. The van der Waals surface area contributed by atoms with Crippen molar-refractivity contribution in [3.8, 4) is 5.75 Å². The van der Waals surface area contributed by atoms with E-state index in [0.29, 0.717) is 18.7 Å². The number of halogens is 1. The minimum Gasteiger partial charge on any atom is -0.494 e. The van der Waals surface area contributed by atoms with Crippen LogP contribution in [0.2, 0.25) is 0 Å². The maximum atomic E-state index is 12.2. The zero-order chi connectivity index (χ0) is 15.9. The normalized spacial score (nSPS) is 11.7. The van der Waals surface area contributed by atoms with E-state index in [-0.39, 0.29) is 24.4 Å². The molecule has 0 spiro atoms. The number of likely N-dealkylation sites (N-methyl/N-ethyl adjacent to an activating group) is 1. The number of rotatable bonds is 7. The molecule has 1 aromatic carbocycles. The summed E-state index contributed by atoms with van der Waals surface area (Å²) in [4.78, 5) is 14.2. The first-order valence-electron chi connectivity index (χ1n) is 7.32. The summed E-state index contributed by atoms with van der Waals surface area (Å²) in [6.07, 6.45) is 1.64. The molecule has 1 atom stereocenters. The monoisotopic (exact) mass is 338 g/mol. The fraction of sp³-hybridized carbons (Fsp3) is 0.353. The van der Waals surface area contributed by atoms with E-state index in [4.69, 9.17) is 9.15 Å². The molecule has 2 rings (SSSR count). The van der Waals surface area contributed by atoms with Crippen LogP contribution in [0.5, 0.6) is 5.75 Å². The van der Waals surface area contributed by atoms with Crippen molar-refractivity contribution in [2.24, 2.45) is 0 Å². The highest BCUT2D eigenvalue weighted by Gasteiger charge is 2.18. The van der Waals surface area contributed by atoms with Gasteiger partial charge >= 0.3 is 0 Å². The van der Waals surface area contributed by atoms with Gasteiger partial charge in [0.1, 0.15) is 11.5 Å². The highest BCUT2D eigenvalue weighted by Crippen LogP contribution is 2.18. The summed E-state index contributed by atoms with van der Waals surface area (Å²) in [5.74, 6) is 1.49. The van der Waals surface area contributed by atoms with E-state index in [1.807, 2.05) is 38.1 Å². The number of carbonyl (C=O) groups excluding carboxylic acids is 1. The number of benzene rings is 1. The van der Waals surface area contributed by atoms with Gasteiger partial charge in [-0.05, 0) is 57.4 Å². The zero-order valence-electron chi connectivity index (χ0n) is 13.6. The lowest BCUT2D eigenvalue weighted by atomic mass is 10.1. The summed E-state index contributed by atoms with van der Waals surface area (Å²) in [5.41, 5.74) is 0.611. The SMILES string of the molecule is CCOc1ccc(C(=O)NCC(c2ccco2)N(C)C)cc1.Cl. The molecular weight excluding hydrogens is 316 g/mol. The third-order valence-electron chi connectivity index (χ3n) is 3.38. The van der Waals surface area contributed by atoms with Crippen LogP contribution in [0.4, 0.5) is 0 Å². The Hall–Kier alpha value is -1.98. The van der Waals surface area contributed by atoms with Crippen LogP contribution in [0.3, 0.4) is 0 Å². The molecular formula is C17H23ClN2O3. The Morgan fingerprint density at radius 2 is 1.96 bits per heavy atom. The average molecular weight is 339 g/mol. The predicted molar refractivity (Wildman–Crippen MR) is 92.3 cm³/mol. The van der Waals surface area contributed by atoms with Crippen molar-refractivity contribution < 1.29 is 13.9 Å². The van der Waals surface area contributed by atoms with Crippen LogP contribution in [-0.2, 0) is 0 Å². The van der Waals surface area contributed by atoms with Gasteiger partial charge in [-0.25, -0.2) is 0 Å². The van der Waals surface area contributed by atoms with E-state index in [1.54, 1.807) is 30.5 Å². The third-order valence-corrected chi connectivity index (χ3v) is 3.38. The Morgan fingerprint density at radius 1 is 1.26 bits per heavy atom. The summed E-state index contributed by atoms with van der Waals surface area (Å²) in [6, 6.07) is 10.9. The van der Waals surface area contributed by atoms with Crippen LogP contribution in [-0.4, -0.2) is 38.1 Å². The average Bonchev–Trinajstić information content (AvgIpc) is 3.02. The van der Waals surface area contributed by atoms with Crippen LogP contribution >= 0.6 is 12.4 Å². The lowest BCUT2D eigenvalue weighted by Crippen LogP contribution is -2.34. The van der Waals surface area contributed by atoms with Gasteiger partial charge in [-0.1, -0.05) is 0 Å². The van der Waals surface area contributed by atoms with E-state index < -0.39 is 0 Å². The van der Waals surface area contributed by atoms with E-state index in [0.717, 1.165) is 11.5 Å². The van der Waals surface area contributed by atoms with Crippen molar-refractivity contribution in [1.82, 2.24) is 10.2 Å². The van der Waals surface area contributed by atoms with Crippen LogP contribution in [0.25, 0.3) is 0 Å². The highest BCUT2D eigenvalue weighted by molar-refractivity contribution is 5.94. The van der Waals surface area contributed by atoms with Gasteiger partial charge in [0.15, 0.2) is 0 Å². The number of carbonyl (C=O) groups is 1. The van der Waals surface area contributed by atoms with Crippen LogP contribution in [0.15, 0.2) is 47.1 Å². The fourth-order valence-corrected chi connectivity index (χ4v) is 2.18. The molecule has 0 bridgehead atoms. The molecule has 6 heteroatoms. The van der Waals surface area contributed by atoms with Crippen molar-refractivity contribution in [2.75, 3.05) is 27.2 Å². The van der Waals surface area contributed by atoms with Crippen LogP contribution < -0.4 is 10.1 Å². The molecule has 23 heavy (non-hydrogen) atoms. The maximum Gasteiger partial charge on any atom is 0.251 e. The second-order valence-corrected chi connectivity index (χ2v) is 5.16. The Bertz CT molecular complexity index is 582. The Kier molecular flexibility index (Phi) is 7.65. The molecule has 0 saturated heterocycles. The molecule has 1 unspecified atom stereocenters. The summed E-state index contributed by atoms with van der Waals surface area (Å²) in [6.45, 7) is 3.02. The minimum atomic E-state index is -0.110. The first kappa shape index (κ1) is 19.1. The van der Waals surface area contributed by atoms with Gasteiger partial charge in [-0.2, -0.15) is 0 Å². The number of ether oxygens (including phenoxy) is 1. The summed E-state index contributed by atoms with van der Waals surface area (Å²) >= 11 is 0. The van der Waals surface area contributed by atoms with E-state index >= 15 is 0 Å². The van der Waals surface area contributed by atoms with Crippen molar-refractivity contribution in [3.05, 3.63) is 54.0 Å². The van der Waals surface area contributed by atoms with Crippen LogP contribution in [0, 0.1) is 0 Å². The summed E-state index contributed by atoms with van der Waals surface area (Å²) in [5, 5.41) is 2.94. The number of hydrogen-bond acceptors (Lipinski definition) is 4. The van der Waals surface area contributed by atoms with E-state index in [2.05, 4.69) is 5.32 Å². The molecule has 1 heterocycles. The van der Waals surface area contributed by atoms with Gasteiger partial charge in [0.25, 0.3) is 5.91 Å². The lowest BCUT2D eigenvalue weighted by molar-refractivity contribution is 0.0939. The molecule has 126 valence electrons. The second kappa shape index (κ2) is 9.22. The first-order chi connectivity index (χ1) is 10.6. The van der Waals surface area contributed by atoms with E-state index in [1.165, 1.54) is 0 Å². The first-order valence-corrected chi connectivity index (χ1v) is 7.32. The molecule has 5 nitrogen and oxygen atoms in total. The van der Waals surface area contributed by atoms with Gasteiger partial charge in [0.05, 0.1) is 18.9 Å². The number of furan rings is 1. The molecule has 0 aliphatic rings. The molecule has 0 radical (unpaired) electrons. The molecule has 0 saturated carbocycles. The molecule has 0 aliphatic heterocycles. The van der Waals surface area contributed by atoms with Gasteiger partial charge in [0, 0.05) is 12.1 Å². The molecule has 0 fully saturated rings. The molecule has 2 aromatic rings. The van der Waals surface area contributed by atoms with Crippen molar-refractivity contribution in [2.45, 2.75) is 13.0 Å². The minimum absolute atomic E-state index is 0. The Balaban J connectivity index is 0.00000264. The zero-order valence-corrected chi connectivity index (χ0v) is 14.4. The van der Waals surface area contributed by atoms with Gasteiger partial charge in [-0.3, -0.25) is 9.69 Å². The number of hydrogen-bond donors (Lipinski definition) is 1. The maximum absolute atomic E-state index is 12.2. The second-order valence-electron chi connectivity index (χ2n) is 5.16. The number of nitrogens with zero attached hydrogens (tertiary/aromatic N) is 1. The van der Waals surface area contributed by atoms with E-state index in [9.17, 15) is 4.79 Å². The predicted octanol–water partition coefficient (Wildman–Crippen LogP) is 3.13. The molecule has 1 aromatic heterocycles. The van der Waals surface area contributed by atoms with Crippen molar-refractivity contribution in [1.29, 1.82) is 0 Å². The number of nitrogens with one attached hydrogen (secondary N) is 1. The van der Waals surface area contributed by atoms with Crippen molar-refractivity contribution >= 4 is 18.3 Å². The Labute approximate surface area is 143 Å². The third kappa shape index (κ3) is 5.30. The standard InChI is InChI=1S/C17H22N2O3.ClH/c1-4-21-14-9-7-13(8-10-14)17(20)18-12-15(19(2)3)16-6-5-11-22-16;/h5-11,15H,4,12H2,1-3H3,(H,18,20);1H. The largest absolute Gasteiger partial charge is 0.494 e. The van der Waals surface area contributed by atoms with Gasteiger partial charge in [0.2, 0.25) is 0 Å². The molecule has 0 aliphatic carbocycles. The molecule has 1 N–H and O–H groups in total. The quantitative estimate of drug-likeness (QED) is 0.842. The smallest absolute Gasteiger partial charge is 0.251 e. The summed E-state index contributed by atoms with van der Waals surface area (Å²) in [7, 11) is 3.91. The summed E-state index contributed by atoms with van der Waals surface area (Å²) < 4.78 is 10.8. The van der Waals surface area contributed by atoms with Crippen molar-refractivity contribution in [3.63, 3.8) is 0 Å². The fourth-order valence-electron chi connectivity index (χ4n) is 2.18. The Morgan fingerprint density at radius 3 is 2.48 bits per heavy atom. The van der Waals surface area contributed by atoms with Gasteiger partial charge in [-0.15, -0.1) is 12.4 Å². The topological polar surface area (TPSA) is 54.7 Å². The number of amides is 1. The van der Waals surface area contributed by atoms with Gasteiger partial charge < -0.3 is 14.5 Å². The molecule has 1 amide bonds. The lowest BCUT2D eigenvalue weighted by Gasteiger charge is -2.22.